The second-order valence-electron chi connectivity index (χ2n) is 6.15. The Morgan fingerprint density at radius 3 is 2.75 bits per heavy atom. The van der Waals surface area contributed by atoms with Crippen LogP contribution >= 0.6 is 0 Å². The molecule has 1 N–H and O–H groups in total. The van der Waals surface area contributed by atoms with Crippen molar-refractivity contribution < 1.29 is 9.90 Å². The lowest BCUT2D eigenvalue weighted by Gasteiger charge is -2.08. The lowest BCUT2D eigenvalue weighted by molar-refractivity contribution is 0.0697. The number of hydrogen-bond acceptors (Lipinski definition) is 2. The Morgan fingerprint density at radius 1 is 1.17 bits per heavy atom. The lowest BCUT2D eigenvalue weighted by atomic mass is 10.1. The monoisotopic (exact) mass is 319 g/mol. The quantitative estimate of drug-likeness (QED) is 0.628. The van der Waals surface area contributed by atoms with Crippen LogP contribution in [0.2, 0.25) is 0 Å². The molecule has 24 heavy (non-hydrogen) atoms. The van der Waals surface area contributed by atoms with Crippen molar-refractivity contribution in [2.75, 3.05) is 0 Å². The van der Waals surface area contributed by atoms with Gasteiger partial charge in [0.2, 0.25) is 0 Å². The summed E-state index contributed by atoms with van der Waals surface area (Å²) in [6, 6.07) is 13.6. The van der Waals surface area contributed by atoms with Gasteiger partial charge < -0.3 is 9.67 Å². The number of aryl methyl sites for hydroxylation is 2. The van der Waals surface area contributed by atoms with E-state index in [1.54, 1.807) is 16.8 Å². The van der Waals surface area contributed by atoms with E-state index in [2.05, 4.69) is 40.9 Å². The van der Waals surface area contributed by atoms with Crippen LogP contribution in [0.3, 0.4) is 0 Å². The molecule has 120 valence electrons. The molecule has 0 aliphatic carbocycles. The summed E-state index contributed by atoms with van der Waals surface area (Å²) >= 11 is 0. The van der Waals surface area contributed by atoms with Crippen LogP contribution in [0.4, 0.5) is 0 Å². The molecule has 0 saturated heterocycles. The summed E-state index contributed by atoms with van der Waals surface area (Å²) in [5.74, 6) is -0.916. The maximum absolute atomic E-state index is 11.3. The molecule has 5 nitrogen and oxygen atoms in total. The van der Waals surface area contributed by atoms with Crippen LogP contribution in [0.5, 0.6) is 0 Å². The van der Waals surface area contributed by atoms with E-state index >= 15 is 0 Å². The average Bonchev–Trinajstić information content (AvgIpc) is 3.04. The summed E-state index contributed by atoms with van der Waals surface area (Å²) in [6.07, 6.45) is 1.94. The number of carbonyl (C=O) groups is 1. The Labute approximate surface area is 138 Å². The van der Waals surface area contributed by atoms with E-state index in [1.807, 2.05) is 19.3 Å². The van der Waals surface area contributed by atoms with Crippen LogP contribution in [0.25, 0.3) is 21.9 Å². The van der Waals surface area contributed by atoms with Crippen molar-refractivity contribution in [2.24, 2.45) is 7.05 Å². The molecule has 2 aromatic carbocycles. The highest BCUT2D eigenvalue weighted by atomic mass is 16.4. The summed E-state index contributed by atoms with van der Waals surface area (Å²) in [5.41, 5.74) is 4.58. The van der Waals surface area contributed by atoms with Gasteiger partial charge in [-0.1, -0.05) is 29.8 Å². The maximum Gasteiger partial charge on any atom is 0.335 e. The molecule has 0 spiro atoms. The van der Waals surface area contributed by atoms with Gasteiger partial charge in [0.15, 0.2) is 5.65 Å². The van der Waals surface area contributed by atoms with E-state index in [0.717, 1.165) is 21.9 Å². The summed E-state index contributed by atoms with van der Waals surface area (Å²) < 4.78 is 3.91. The van der Waals surface area contributed by atoms with E-state index in [4.69, 9.17) is 0 Å². The molecule has 5 heteroatoms. The van der Waals surface area contributed by atoms with Gasteiger partial charge in [-0.05, 0) is 30.7 Å². The molecule has 0 fully saturated rings. The van der Waals surface area contributed by atoms with Crippen molar-refractivity contribution in [2.45, 2.75) is 13.5 Å². The molecular formula is C19H17N3O2. The number of benzene rings is 2. The largest absolute Gasteiger partial charge is 0.478 e. The zero-order chi connectivity index (χ0) is 16.8. The number of carboxylic acid groups (broad SMARTS) is 1. The van der Waals surface area contributed by atoms with Gasteiger partial charge >= 0.3 is 5.97 Å². The van der Waals surface area contributed by atoms with Crippen LogP contribution in [-0.2, 0) is 13.6 Å². The van der Waals surface area contributed by atoms with Crippen molar-refractivity contribution in [3.8, 4) is 0 Å². The smallest absolute Gasteiger partial charge is 0.335 e. The zero-order valence-electron chi connectivity index (χ0n) is 13.5. The van der Waals surface area contributed by atoms with Gasteiger partial charge in [-0.3, -0.25) is 4.68 Å². The Balaban J connectivity index is 1.96. The minimum absolute atomic E-state index is 0.293. The van der Waals surface area contributed by atoms with Gasteiger partial charge in [0.25, 0.3) is 0 Å². The van der Waals surface area contributed by atoms with Gasteiger partial charge in [-0.2, -0.15) is 5.10 Å². The van der Waals surface area contributed by atoms with Gasteiger partial charge in [0.1, 0.15) is 0 Å². The zero-order valence-corrected chi connectivity index (χ0v) is 13.5. The summed E-state index contributed by atoms with van der Waals surface area (Å²) in [5, 5.41) is 15.7. The van der Waals surface area contributed by atoms with Crippen molar-refractivity contribution in [3.63, 3.8) is 0 Å². The van der Waals surface area contributed by atoms with Gasteiger partial charge in [-0.25, -0.2) is 4.79 Å². The van der Waals surface area contributed by atoms with E-state index < -0.39 is 5.97 Å². The van der Waals surface area contributed by atoms with Crippen LogP contribution < -0.4 is 0 Å². The van der Waals surface area contributed by atoms with E-state index in [9.17, 15) is 9.90 Å². The number of rotatable bonds is 3. The fraction of sp³-hybridized carbons (Fsp3) is 0.158. The SMILES string of the molecule is Cc1cccc(Cn2c3ccc(C(=O)O)cc3c3cn(C)nc32)c1. The van der Waals surface area contributed by atoms with Gasteiger partial charge in [0.05, 0.1) is 11.1 Å². The summed E-state index contributed by atoms with van der Waals surface area (Å²) in [4.78, 5) is 11.3. The number of carboxylic acids is 1. The first-order valence-electron chi connectivity index (χ1n) is 7.77. The molecular weight excluding hydrogens is 302 g/mol. The average molecular weight is 319 g/mol. The molecule has 4 rings (SSSR count). The first-order valence-corrected chi connectivity index (χ1v) is 7.77. The fourth-order valence-corrected chi connectivity index (χ4v) is 3.25. The summed E-state index contributed by atoms with van der Waals surface area (Å²) in [6.45, 7) is 2.78. The van der Waals surface area contributed by atoms with Crippen LogP contribution in [0.1, 0.15) is 21.5 Å². The van der Waals surface area contributed by atoms with Gasteiger partial charge in [-0.15, -0.1) is 0 Å². The third-order valence-corrected chi connectivity index (χ3v) is 4.31. The van der Waals surface area contributed by atoms with Crippen LogP contribution in [0, 0.1) is 6.92 Å². The van der Waals surface area contributed by atoms with Crippen molar-refractivity contribution in [1.29, 1.82) is 0 Å². The Morgan fingerprint density at radius 2 is 2.00 bits per heavy atom. The van der Waals surface area contributed by atoms with Crippen molar-refractivity contribution >= 4 is 27.9 Å². The molecule has 4 aromatic rings. The lowest BCUT2D eigenvalue weighted by Crippen LogP contribution is -2.02. The predicted octanol–water partition coefficient (Wildman–Crippen LogP) is 3.58. The number of nitrogens with zero attached hydrogens (tertiary/aromatic N) is 3. The summed E-state index contributed by atoms with van der Waals surface area (Å²) in [7, 11) is 1.88. The number of hydrogen-bond donors (Lipinski definition) is 1. The first kappa shape index (κ1) is 14.5. The molecule has 0 bridgehead atoms. The highest BCUT2D eigenvalue weighted by Crippen LogP contribution is 2.29. The minimum atomic E-state index is -0.916. The molecule has 0 amide bonds. The predicted molar refractivity (Wildman–Crippen MR) is 93.5 cm³/mol. The highest BCUT2D eigenvalue weighted by Gasteiger charge is 2.16. The minimum Gasteiger partial charge on any atom is -0.478 e. The number of fused-ring (bicyclic) bond motifs is 3. The third kappa shape index (κ3) is 2.25. The highest BCUT2D eigenvalue weighted by molar-refractivity contribution is 6.08. The Bertz CT molecular complexity index is 1090. The van der Waals surface area contributed by atoms with E-state index in [1.165, 1.54) is 11.1 Å². The molecule has 0 radical (unpaired) electrons. The number of aromatic nitrogens is 3. The second kappa shape index (κ2) is 5.23. The van der Waals surface area contributed by atoms with Crippen molar-refractivity contribution in [3.05, 3.63) is 65.4 Å². The molecule has 2 heterocycles. The Hall–Kier alpha value is -3.08. The second-order valence-corrected chi connectivity index (χ2v) is 6.15. The normalized spacial score (nSPS) is 11.4. The van der Waals surface area contributed by atoms with Crippen LogP contribution in [0.15, 0.2) is 48.7 Å². The maximum atomic E-state index is 11.3. The Kier molecular flexibility index (Phi) is 3.16. The molecule has 0 saturated carbocycles. The van der Waals surface area contributed by atoms with Crippen molar-refractivity contribution in [1.82, 2.24) is 14.3 Å². The fourth-order valence-electron chi connectivity index (χ4n) is 3.25. The molecule has 0 unspecified atom stereocenters. The van der Waals surface area contributed by atoms with E-state index in [0.29, 0.717) is 12.1 Å². The molecule has 0 aliphatic rings. The molecule has 2 aromatic heterocycles. The third-order valence-electron chi connectivity index (χ3n) is 4.31. The van der Waals surface area contributed by atoms with Crippen LogP contribution in [-0.4, -0.2) is 25.4 Å². The standard InChI is InChI=1S/C19H17N3O2/c1-12-4-3-5-13(8-12)10-22-17-7-6-14(19(23)24)9-15(17)16-11-21(2)20-18(16)22/h3-9,11H,10H2,1-2H3,(H,23,24). The topological polar surface area (TPSA) is 60.1 Å². The number of aromatic carboxylic acids is 1. The van der Waals surface area contributed by atoms with E-state index in [-0.39, 0.29) is 0 Å². The molecule has 0 aliphatic heterocycles. The molecule has 0 atom stereocenters. The van der Waals surface area contributed by atoms with Gasteiger partial charge in [0, 0.05) is 30.6 Å². The first-order chi connectivity index (χ1) is 11.5.